The third-order valence-electron chi connectivity index (χ3n) is 6.03. The smallest absolute Gasteiger partial charge is 0.324 e. The van der Waals surface area contributed by atoms with Gasteiger partial charge in [0.15, 0.2) is 0 Å². The first-order valence-corrected chi connectivity index (χ1v) is 11.8. The largest absolute Gasteiger partial charge is 0.331 e. The first-order chi connectivity index (χ1) is 11.2. The van der Waals surface area contributed by atoms with Crippen molar-refractivity contribution in [2.45, 2.75) is 111 Å². The van der Waals surface area contributed by atoms with Gasteiger partial charge in [0.1, 0.15) is 0 Å². The molecule has 146 valence electrons. The molecule has 0 spiro atoms. The van der Waals surface area contributed by atoms with Crippen LogP contribution in [0.1, 0.15) is 106 Å². The molecular formula is C20H43O3P. The lowest BCUT2D eigenvalue weighted by Gasteiger charge is -2.42. The van der Waals surface area contributed by atoms with Crippen LogP contribution in [-0.4, -0.2) is 14.9 Å². The summed E-state index contributed by atoms with van der Waals surface area (Å²) in [5.41, 5.74) is 0. The predicted molar refractivity (Wildman–Crippen MR) is 105 cm³/mol. The highest BCUT2D eigenvalue weighted by atomic mass is 31.2. The monoisotopic (exact) mass is 362 g/mol. The first-order valence-electron chi connectivity index (χ1n) is 10.2. The molecule has 0 radical (unpaired) electrons. The minimum absolute atomic E-state index is 0.00434. The zero-order valence-corrected chi connectivity index (χ0v) is 17.9. The lowest BCUT2D eigenvalue weighted by molar-refractivity contribution is 0.198. The summed E-state index contributed by atoms with van der Waals surface area (Å²) in [6.45, 7) is 12.7. The van der Waals surface area contributed by atoms with Crippen LogP contribution in [-0.2, 0) is 4.57 Å². The van der Waals surface area contributed by atoms with Gasteiger partial charge in [0.25, 0.3) is 0 Å². The van der Waals surface area contributed by atoms with Crippen molar-refractivity contribution in [1.29, 1.82) is 0 Å². The van der Waals surface area contributed by atoms with Gasteiger partial charge in [-0.05, 0) is 30.6 Å². The van der Waals surface area contributed by atoms with Gasteiger partial charge in [-0.2, -0.15) is 0 Å². The molecule has 0 aromatic heterocycles. The van der Waals surface area contributed by atoms with Crippen molar-refractivity contribution in [3.63, 3.8) is 0 Å². The van der Waals surface area contributed by atoms with Crippen molar-refractivity contribution in [3.05, 3.63) is 0 Å². The van der Waals surface area contributed by atoms with Gasteiger partial charge in [0.05, 0.1) is 5.16 Å². The Morgan fingerprint density at radius 3 is 1.42 bits per heavy atom. The van der Waals surface area contributed by atoms with Gasteiger partial charge in [0, 0.05) is 0 Å². The molecule has 0 aromatic carbocycles. The molecule has 0 aliphatic rings. The maximum absolute atomic E-state index is 12.6. The summed E-state index contributed by atoms with van der Waals surface area (Å²) >= 11 is 0. The van der Waals surface area contributed by atoms with Gasteiger partial charge >= 0.3 is 7.60 Å². The van der Waals surface area contributed by atoms with Gasteiger partial charge in [-0.15, -0.1) is 0 Å². The third kappa shape index (κ3) is 7.18. The van der Waals surface area contributed by atoms with E-state index in [0.717, 1.165) is 51.4 Å². The Hall–Kier alpha value is 0.150. The molecule has 3 nitrogen and oxygen atoms in total. The molecule has 0 rings (SSSR count). The molecule has 24 heavy (non-hydrogen) atoms. The fourth-order valence-corrected chi connectivity index (χ4v) is 5.68. The highest BCUT2D eigenvalue weighted by Gasteiger charge is 2.50. The van der Waals surface area contributed by atoms with Gasteiger partial charge in [-0.25, -0.2) is 0 Å². The normalized spacial score (nSPS) is 17.7. The van der Waals surface area contributed by atoms with Crippen LogP contribution >= 0.6 is 7.60 Å². The Morgan fingerprint density at radius 1 is 0.833 bits per heavy atom. The van der Waals surface area contributed by atoms with E-state index in [1.54, 1.807) is 0 Å². The molecule has 2 unspecified atom stereocenters. The van der Waals surface area contributed by atoms with Crippen molar-refractivity contribution in [3.8, 4) is 0 Å². The lowest BCUT2D eigenvalue weighted by atomic mass is 9.76. The Morgan fingerprint density at radius 2 is 1.21 bits per heavy atom. The van der Waals surface area contributed by atoms with Crippen molar-refractivity contribution in [2.24, 2.45) is 17.8 Å². The summed E-state index contributed by atoms with van der Waals surface area (Å²) in [4.78, 5) is 20.7. The summed E-state index contributed by atoms with van der Waals surface area (Å²) < 4.78 is 12.6. The Kier molecular flexibility index (Phi) is 11.8. The van der Waals surface area contributed by atoms with Crippen molar-refractivity contribution >= 4 is 7.60 Å². The van der Waals surface area contributed by atoms with E-state index in [4.69, 9.17) is 0 Å². The van der Waals surface area contributed by atoms with Crippen LogP contribution in [0.15, 0.2) is 0 Å². The van der Waals surface area contributed by atoms with Crippen molar-refractivity contribution in [1.82, 2.24) is 0 Å². The maximum atomic E-state index is 12.6. The van der Waals surface area contributed by atoms with Crippen molar-refractivity contribution in [2.75, 3.05) is 0 Å². The molecule has 0 saturated carbocycles. The summed E-state index contributed by atoms with van der Waals surface area (Å²) in [7, 11) is -4.16. The van der Waals surface area contributed by atoms with Crippen LogP contribution in [0.3, 0.4) is 0 Å². The molecule has 0 fully saturated rings. The van der Waals surface area contributed by atoms with Crippen LogP contribution in [0, 0.1) is 17.8 Å². The second-order valence-corrected chi connectivity index (χ2v) is 10.0. The van der Waals surface area contributed by atoms with E-state index in [2.05, 4.69) is 27.7 Å². The summed E-state index contributed by atoms with van der Waals surface area (Å²) in [5.74, 6) is 0.844. The first kappa shape index (κ1) is 24.1. The van der Waals surface area contributed by atoms with Gasteiger partial charge in [-0.3, -0.25) is 4.57 Å². The number of unbranched alkanes of at least 4 members (excludes halogenated alkanes) is 2. The van der Waals surface area contributed by atoms with E-state index < -0.39 is 12.8 Å². The average molecular weight is 363 g/mol. The van der Waals surface area contributed by atoms with E-state index in [1.165, 1.54) is 0 Å². The van der Waals surface area contributed by atoms with Gasteiger partial charge in [-0.1, -0.05) is 92.9 Å². The SMILES string of the molecule is CCCCC(CC)CC(CC(CC)CCCC)(C(C)C)P(=O)(O)O. The maximum Gasteiger partial charge on any atom is 0.331 e. The fourth-order valence-electron chi connectivity index (χ4n) is 4.02. The molecule has 2 N–H and O–H groups in total. The van der Waals surface area contributed by atoms with Crippen LogP contribution in [0.2, 0.25) is 0 Å². The van der Waals surface area contributed by atoms with E-state index >= 15 is 0 Å². The van der Waals surface area contributed by atoms with Crippen LogP contribution in [0.25, 0.3) is 0 Å². The molecule has 2 atom stereocenters. The van der Waals surface area contributed by atoms with Gasteiger partial charge < -0.3 is 9.79 Å². The highest BCUT2D eigenvalue weighted by Crippen LogP contribution is 2.61. The zero-order valence-electron chi connectivity index (χ0n) is 17.1. The molecule has 0 saturated heterocycles. The van der Waals surface area contributed by atoms with E-state index in [9.17, 15) is 14.4 Å². The molecule has 4 heteroatoms. The Bertz CT molecular complexity index is 344. The summed E-state index contributed by atoms with van der Waals surface area (Å²) in [5, 5.41) is -0.851. The summed E-state index contributed by atoms with van der Waals surface area (Å²) in [6.07, 6.45) is 10.2. The molecule has 0 aliphatic carbocycles. The molecule has 0 amide bonds. The predicted octanol–water partition coefficient (Wildman–Crippen LogP) is 6.77. The second kappa shape index (κ2) is 11.7. The highest BCUT2D eigenvalue weighted by molar-refractivity contribution is 7.53. The number of rotatable bonds is 14. The Balaban J connectivity index is 5.51. The topological polar surface area (TPSA) is 57.5 Å². The Labute approximate surface area is 151 Å². The van der Waals surface area contributed by atoms with E-state index in [-0.39, 0.29) is 5.92 Å². The minimum Gasteiger partial charge on any atom is -0.324 e. The average Bonchev–Trinajstić information content (AvgIpc) is 2.52. The zero-order chi connectivity index (χ0) is 18.8. The standard InChI is InChI=1S/C20H43O3P/c1-7-11-13-18(9-3)15-20(17(5)6,24(21,22)23)16-19(10-4)14-12-8-2/h17-19H,7-16H2,1-6H3,(H2,21,22,23). The van der Waals surface area contributed by atoms with E-state index in [1.807, 2.05) is 13.8 Å². The fraction of sp³-hybridized carbons (Fsp3) is 1.00. The van der Waals surface area contributed by atoms with Gasteiger partial charge in [0.2, 0.25) is 0 Å². The number of hydrogen-bond donors (Lipinski definition) is 2. The van der Waals surface area contributed by atoms with Crippen LogP contribution in [0.5, 0.6) is 0 Å². The van der Waals surface area contributed by atoms with Crippen molar-refractivity contribution < 1.29 is 14.4 Å². The third-order valence-corrected chi connectivity index (χ3v) is 8.07. The quantitative estimate of drug-likeness (QED) is 0.335. The number of hydrogen-bond acceptors (Lipinski definition) is 1. The molecule has 0 aromatic rings. The molecule has 0 aliphatic heterocycles. The van der Waals surface area contributed by atoms with Crippen LogP contribution < -0.4 is 0 Å². The lowest BCUT2D eigenvalue weighted by Crippen LogP contribution is -2.39. The molecular weight excluding hydrogens is 319 g/mol. The minimum atomic E-state index is -4.16. The van der Waals surface area contributed by atoms with E-state index in [0.29, 0.717) is 24.7 Å². The summed E-state index contributed by atoms with van der Waals surface area (Å²) in [6, 6.07) is 0. The second-order valence-electron chi connectivity index (χ2n) is 8.04. The molecule has 0 heterocycles. The molecule has 0 bridgehead atoms. The van der Waals surface area contributed by atoms with Crippen LogP contribution in [0.4, 0.5) is 0 Å².